The average molecular weight is 265 g/mol. The van der Waals surface area contributed by atoms with Crippen LogP contribution >= 0.6 is 11.6 Å². The van der Waals surface area contributed by atoms with Crippen LogP contribution in [0.2, 0.25) is 0 Å². The summed E-state index contributed by atoms with van der Waals surface area (Å²) in [7, 11) is 0. The summed E-state index contributed by atoms with van der Waals surface area (Å²) in [6.07, 6.45) is 3.11. The fourth-order valence-corrected chi connectivity index (χ4v) is 1.73. The molecule has 3 nitrogen and oxygen atoms in total. The van der Waals surface area contributed by atoms with Crippen molar-refractivity contribution < 1.29 is 4.74 Å². The number of benzene rings is 1. The molecule has 1 unspecified atom stereocenters. The van der Waals surface area contributed by atoms with Crippen LogP contribution in [0, 0.1) is 0 Å². The van der Waals surface area contributed by atoms with Gasteiger partial charge in [-0.2, -0.15) is 5.10 Å². The van der Waals surface area contributed by atoms with Gasteiger partial charge in [-0.25, -0.2) is 4.68 Å². The monoisotopic (exact) mass is 264 g/mol. The molecule has 0 aliphatic heterocycles. The van der Waals surface area contributed by atoms with Crippen LogP contribution in [-0.4, -0.2) is 15.9 Å². The van der Waals surface area contributed by atoms with Crippen molar-refractivity contribution in [3.8, 4) is 11.4 Å². The zero-order valence-corrected chi connectivity index (χ0v) is 11.4. The van der Waals surface area contributed by atoms with Gasteiger partial charge >= 0.3 is 0 Å². The molecule has 0 N–H and O–H groups in total. The van der Waals surface area contributed by atoms with Crippen LogP contribution in [0.3, 0.4) is 0 Å². The Balaban J connectivity index is 2.21. The molecular formula is C14H17ClN2O. The Bertz CT molecular complexity index is 510. The second-order valence-electron chi connectivity index (χ2n) is 4.22. The molecular weight excluding hydrogens is 248 g/mol. The Hall–Kier alpha value is -1.48. The molecule has 1 atom stereocenters. The van der Waals surface area contributed by atoms with Crippen molar-refractivity contribution in [3.05, 3.63) is 42.2 Å². The summed E-state index contributed by atoms with van der Waals surface area (Å²) < 4.78 is 7.60. The number of halogens is 1. The first-order valence-electron chi connectivity index (χ1n) is 6.10. The van der Waals surface area contributed by atoms with Gasteiger partial charge in [-0.05, 0) is 31.5 Å². The van der Waals surface area contributed by atoms with E-state index in [9.17, 15) is 0 Å². The lowest BCUT2D eigenvalue weighted by Crippen LogP contribution is -2.09. The third-order valence-electron chi connectivity index (χ3n) is 2.78. The third kappa shape index (κ3) is 3.05. The van der Waals surface area contributed by atoms with E-state index >= 15 is 0 Å². The highest BCUT2D eigenvalue weighted by Crippen LogP contribution is 2.18. The number of rotatable bonds is 5. The molecule has 18 heavy (non-hydrogen) atoms. The zero-order chi connectivity index (χ0) is 13.0. The Morgan fingerprint density at radius 1 is 1.39 bits per heavy atom. The molecule has 1 aromatic carbocycles. The number of hydrogen-bond acceptors (Lipinski definition) is 2. The second kappa shape index (κ2) is 5.91. The first-order chi connectivity index (χ1) is 8.72. The highest BCUT2D eigenvalue weighted by Gasteiger charge is 2.04. The van der Waals surface area contributed by atoms with Crippen LogP contribution in [0.15, 0.2) is 36.5 Å². The predicted molar refractivity (Wildman–Crippen MR) is 73.5 cm³/mol. The van der Waals surface area contributed by atoms with Crippen molar-refractivity contribution in [1.82, 2.24) is 9.78 Å². The smallest absolute Gasteiger partial charge is 0.121 e. The van der Waals surface area contributed by atoms with Gasteiger partial charge in [0.25, 0.3) is 0 Å². The number of ether oxygens (including phenoxy) is 1. The van der Waals surface area contributed by atoms with Gasteiger partial charge in [-0.3, -0.25) is 0 Å². The molecule has 96 valence electrons. The van der Waals surface area contributed by atoms with Crippen LogP contribution < -0.4 is 4.74 Å². The van der Waals surface area contributed by atoms with Gasteiger partial charge in [0.15, 0.2) is 0 Å². The lowest BCUT2D eigenvalue weighted by Gasteiger charge is -2.13. The van der Waals surface area contributed by atoms with E-state index in [0.717, 1.165) is 23.6 Å². The van der Waals surface area contributed by atoms with Gasteiger partial charge < -0.3 is 4.74 Å². The minimum absolute atomic E-state index is 0.219. The summed E-state index contributed by atoms with van der Waals surface area (Å²) in [6.45, 7) is 4.17. The minimum Gasteiger partial charge on any atom is -0.491 e. The lowest BCUT2D eigenvalue weighted by molar-refractivity contribution is 0.217. The van der Waals surface area contributed by atoms with Crippen molar-refractivity contribution in [2.45, 2.75) is 32.3 Å². The fraction of sp³-hybridized carbons (Fsp3) is 0.357. The highest BCUT2D eigenvalue weighted by molar-refractivity contribution is 6.16. The SMILES string of the molecule is CCC(C)Oc1cccc(-n2ccc(CCl)n2)c1. The van der Waals surface area contributed by atoms with E-state index in [1.54, 1.807) is 4.68 Å². The molecule has 0 spiro atoms. The summed E-state index contributed by atoms with van der Waals surface area (Å²) in [6, 6.07) is 9.82. The Kier molecular flexibility index (Phi) is 4.26. The third-order valence-corrected chi connectivity index (χ3v) is 3.05. The van der Waals surface area contributed by atoms with Gasteiger partial charge in [0.05, 0.1) is 23.4 Å². The van der Waals surface area contributed by atoms with Crippen LogP contribution in [0.25, 0.3) is 5.69 Å². The van der Waals surface area contributed by atoms with Crippen LogP contribution in [0.1, 0.15) is 26.0 Å². The Morgan fingerprint density at radius 2 is 2.22 bits per heavy atom. The van der Waals surface area contributed by atoms with E-state index < -0.39 is 0 Å². The zero-order valence-electron chi connectivity index (χ0n) is 10.6. The predicted octanol–water partition coefficient (Wildman–Crippen LogP) is 3.79. The Morgan fingerprint density at radius 3 is 2.89 bits per heavy atom. The lowest BCUT2D eigenvalue weighted by atomic mass is 10.3. The second-order valence-corrected chi connectivity index (χ2v) is 4.49. The van der Waals surface area contributed by atoms with E-state index in [2.05, 4.69) is 18.9 Å². The van der Waals surface area contributed by atoms with E-state index in [-0.39, 0.29) is 6.10 Å². The van der Waals surface area contributed by atoms with Crippen LogP contribution in [0.5, 0.6) is 5.75 Å². The molecule has 2 rings (SSSR count). The van der Waals surface area contributed by atoms with Crippen molar-refractivity contribution >= 4 is 11.6 Å². The molecule has 1 aromatic heterocycles. The molecule has 0 amide bonds. The summed E-state index contributed by atoms with van der Waals surface area (Å²) in [4.78, 5) is 0. The summed E-state index contributed by atoms with van der Waals surface area (Å²) >= 11 is 5.75. The summed E-state index contributed by atoms with van der Waals surface area (Å²) in [5, 5.41) is 4.37. The maximum atomic E-state index is 5.79. The maximum absolute atomic E-state index is 5.79. The van der Waals surface area contributed by atoms with E-state index in [1.165, 1.54) is 0 Å². The number of hydrogen-bond donors (Lipinski definition) is 0. The number of aromatic nitrogens is 2. The molecule has 4 heteroatoms. The number of nitrogens with zero attached hydrogens (tertiary/aromatic N) is 2. The molecule has 1 heterocycles. The molecule has 0 aliphatic rings. The molecule has 0 radical (unpaired) electrons. The van der Waals surface area contributed by atoms with Crippen molar-refractivity contribution in [1.29, 1.82) is 0 Å². The molecule has 0 bridgehead atoms. The van der Waals surface area contributed by atoms with Crippen LogP contribution in [0.4, 0.5) is 0 Å². The van der Waals surface area contributed by atoms with Gasteiger partial charge in [-0.1, -0.05) is 13.0 Å². The van der Waals surface area contributed by atoms with Gasteiger partial charge in [0.2, 0.25) is 0 Å². The van der Waals surface area contributed by atoms with Gasteiger partial charge in [0, 0.05) is 12.3 Å². The molecule has 0 saturated carbocycles. The van der Waals surface area contributed by atoms with E-state index in [4.69, 9.17) is 16.3 Å². The van der Waals surface area contributed by atoms with Gasteiger partial charge in [0.1, 0.15) is 5.75 Å². The maximum Gasteiger partial charge on any atom is 0.121 e. The standard InChI is InChI=1S/C14H17ClN2O/c1-3-11(2)18-14-6-4-5-13(9-14)17-8-7-12(10-15)16-17/h4-9,11H,3,10H2,1-2H3. The van der Waals surface area contributed by atoms with E-state index in [1.807, 2.05) is 36.5 Å². The normalized spacial score (nSPS) is 12.4. The largest absolute Gasteiger partial charge is 0.491 e. The molecule has 2 aromatic rings. The van der Waals surface area contributed by atoms with Crippen molar-refractivity contribution in [2.24, 2.45) is 0 Å². The fourth-order valence-electron chi connectivity index (χ4n) is 1.59. The van der Waals surface area contributed by atoms with Crippen molar-refractivity contribution in [3.63, 3.8) is 0 Å². The molecule has 0 aliphatic carbocycles. The van der Waals surface area contributed by atoms with E-state index in [0.29, 0.717) is 5.88 Å². The summed E-state index contributed by atoms with van der Waals surface area (Å²) in [5.74, 6) is 1.29. The first-order valence-corrected chi connectivity index (χ1v) is 6.64. The molecule has 0 saturated heterocycles. The molecule has 0 fully saturated rings. The highest BCUT2D eigenvalue weighted by atomic mass is 35.5. The van der Waals surface area contributed by atoms with Crippen molar-refractivity contribution in [2.75, 3.05) is 0 Å². The van der Waals surface area contributed by atoms with Crippen LogP contribution in [-0.2, 0) is 5.88 Å². The Labute approximate surface area is 112 Å². The first kappa shape index (κ1) is 13.0. The minimum atomic E-state index is 0.219. The van der Waals surface area contributed by atoms with Gasteiger partial charge in [-0.15, -0.1) is 11.6 Å². The average Bonchev–Trinajstić information content (AvgIpc) is 2.87. The summed E-state index contributed by atoms with van der Waals surface area (Å²) in [5.41, 5.74) is 1.84. The number of alkyl halides is 1. The quantitative estimate of drug-likeness (QED) is 0.769. The topological polar surface area (TPSA) is 27.1 Å².